The minimum Gasteiger partial charge on any atom is -0.481 e. The van der Waals surface area contributed by atoms with Crippen LogP contribution >= 0.6 is 0 Å². The summed E-state index contributed by atoms with van der Waals surface area (Å²) in [6.07, 6.45) is 5.19. The van der Waals surface area contributed by atoms with E-state index in [4.69, 9.17) is 14.6 Å². The average Bonchev–Trinajstić information content (AvgIpc) is 3.16. The monoisotopic (exact) mass is 739 g/mol. The van der Waals surface area contributed by atoms with Crippen LogP contribution in [0.5, 0.6) is 0 Å². The van der Waals surface area contributed by atoms with Crippen LogP contribution < -0.4 is 10.6 Å². The summed E-state index contributed by atoms with van der Waals surface area (Å²) >= 11 is 0. The molecular weight excluding hydrogens is 682 g/mol. The number of carbonyl (C=O) groups excluding carboxylic acids is 2. The van der Waals surface area contributed by atoms with Crippen LogP contribution in [-0.4, -0.2) is 63.2 Å². The summed E-state index contributed by atoms with van der Waals surface area (Å²) in [4.78, 5) is 39.5. The SMILES string of the molecule is CC1C(CN2C(C(=O)NC(C)(C)C)CCC3CCCCC32)OC(c2ccc(-c3ccccc3CNC(=O)CCC(=O)O)cc2)OC1c1ccc(CO)cc1. The van der Waals surface area contributed by atoms with Gasteiger partial charge in [0.2, 0.25) is 11.8 Å². The van der Waals surface area contributed by atoms with Crippen molar-refractivity contribution in [2.24, 2.45) is 11.8 Å². The lowest BCUT2D eigenvalue weighted by molar-refractivity contribution is -0.278. The van der Waals surface area contributed by atoms with Crippen molar-refractivity contribution in [1.82, 2.24) is 15.5 Å². The Morgan fingerprint density at radius 2 is 1.56 bits per heavy atom. The second-order valence-corrected chi connectivity index (χ2v) is 16.4. The number of fused-ring (bicyclic) bond motifs is 1. The predicted octanol–water partition coefficient (Wildman–Crippen LogP) is 7.06. The third-order valence-corrected chi connectivity index (χ3v) is 11.4. The molecule has 2 heterocycles. The van der Waals surface area contributed by atoms with E-state index in [2.05, 4.69) is 22.5 Å². The molecule has 10 nitrogen and oxygen atoms in total. The average molecular weight is 740 g/mol. The Balaban J connectivity index is 1.26. The summed E-state index contributed by atoms with van der Waals surface area (Å²) in [5, 5.41) is 24.8. The van der Waals surface area contributed by atoms with Gasteiger partial charge in [0, 0.05) is 42.6 Å². The highest BCUT2D eigenvalue weighted by Gasteiger charge is 2.46. The number of rotatable bonds is 12. The fraction of sp³-hybridized carbons (Fsp3) is 0.523. The van der Waals surface area contributed by atoms with Gasteiger partial charge in [-0.1, -0.05) is 92.6 Å². The summed E-state index contributed by atoms with van der Waals surface area (Å²) in [5.41, 5.74) is 5.27. The summed E-state index contributed by atoms with van der Waals surface area (Å²) in [5.74, 6) is -0.648. The first-order valence-electron chi connectivity index (χ1n) is 19.7. The maximum Gasteiger partial charge on any atom is 0.303 e. The number of nitrogens with zero attached hydrogens (tertiary/aromatic N) is 1. The Hall–Kier alpha value is -4.09. The minimum absolute atomic E-state index is 0.0200. The second kappa shape index (κ2) is 17.6. The molecule has 3 fully saturated rings. The number of nitrogens with one attached hydrogen (secondary N) is 2. The molecule has 3 aromatic carbocycles. The quantitative estimate of drug-likeness (QED) is 0.155. The van der Waals surface area contributed by atoms with Crippen molar-refractivity contribution in [1.29, 1.82) is 0 Å². The van der Waals surface area contributed by atoms with E-state index < -0.39 is 12.3 Å². The van der Waals surface area contributed by atoms with Crippen molar-refractivity contribution < 1.29 is 34.1 Å². The number of carboxylic acid groups (broad SMARTS) is 1. The number of aliphatic carboxylic acids is 1. The van der Waals surface area contributed by atoms with Gasteiger partial charge in [-0.05, 0) is 80.2 Å². The first-order valence-corrected chi connectivity index (χ1v) is 19.7. The fourth-order valence-corrected chi connectivity index (χ4v) is 8.54. The Kier molecular flexibility index (Phi) is 12.9. The zero-order chi connectivity index (χ0) is 38.4. The second-order valence-electron chi connectivity index (χ2n) is 16.4. The van der Waals surface area contributed by atoms with Gasteiger partial charge < -0.3 is 30.3 Å². The normalized spacial score (nSPS) is 26.1. The van der Waals surface area contributed by atoms with Crippen molar-refractivity contribution in [3.8, 4) is 11.1 Å². The van der Waals surface area contributed by atoms with Crippen LogP contribution in [0.4, 0.5) is 0 Å². The number of ether oxygens (including phenoxy) is 2. The molecule has 4 N–H and O–H groups in total. The molecule has 10 heteroatoms. The van der Waals surface area contributed by atoms with Crippen molar-refractivity contribution in [3.05, 3.63) is 95.1 Å². The molecule has 2 saturated heterocycles. The topological polar surface area (TPSA) is 137 Å². The van der Waals surface area contributed by atoms with E-state index in [1.54, 1.807) is 0 Å². The van der Waals surface area contributed by atoms with Gasteiger partial charge in [0.05, 0.1) is 31.3 Å². The Morgan fingerprint density at radius 3 is 2.26 bits per heavy atom. The van der Waals surface area contributed by atoms with Crippen LogP contribution in [0.3, 0.4) is 0 Å². The van der Waals surface area contributed by atoms with Crippen LogP contribution in [0.15, 0.2) is 72.8 Å². The molecule has 0 bridgehead atoms. The maximum absolute atomic E-state index is 13.9. The first kappa shape index (κ1) is 39.6. The standard InChI is InChI=1S/C44H57N3O7/c1-28-38(26-47-36-12-8-6-9-31(36)21-22-37(47)42(52)46-44(2,3)4)53-43(54-41(28)32-15-13-29(27-48)14-16-32)33-19-17-30(18-20-33)35-11-7-5-10-34(35)25-45-39(49)23-24-40(50)51/h5,7,10-11,13-20,28,31,36-38,41,43,48H,6,8-9,12,21-27H2,1-4H3,(H,45,49)(H,46,52)(H,50,51). The van der Waals surface area contributed by atoms with Crippen LogP contribution in [0, 0.1) is 11.8 Å². The lowest BCUT2D eigenvalue weighted by Crippen LogP contribution is -2.61. The van der Waals surface area contributed by atoms with Crippen molar-refractivity contribution in [2.45, 2.75) is 128 Å². The summed E-state index contributed by atoms with van der Waals surface area (Å²) in [6, 6.07) is 24.0. The van der Waals surface area contributed by atoms with Crippen LogP contribution in [0.1, 0.15) is 114 Å². The molecular formula is C44H57N3O7. The number of carboxylic acids is 1. The predicted molar refractivity (Wildman–Crippen MR) is 207 cm³/mol. The minimum atomic E-state index is -1.000. The van der Waals surface area contributed by atoms with Gasteiger partial charge in [-0.15, -0.1) is 0 Å². The zero-order valence-corrected chi connectivity index (χ0v) is 32.1. The molecule has 2 amide bonds. The van der Waals surface area contributed by atoms with Crippen LogP contribution in [-0.2, 0) is 37.0 Å². The molecule has 54 heavy (non-hydrogen) atoms. The number of piperidine rings is 1. The molecule has 290 valence electrons. The van der Waals surface area contributed by atoms with Gasteiger partial charge in [-0.3, -0.25) is 19.3 Å². The first-order chi connectivity index (χ1) is 25.9. The molecule has 3 aromatic rings. The van der Waals surface area contributed by atoms with E-state index in [0.29, 0.717) is 18.5 Å². The van der Waals surface area contributed by atoms with E-state index in [9.17, 15) is 19.5 Å². The molecule has 3 aliphatic rings. The number of hydrogen-bond acceptors (Lipinski definition) is 7. The largest absolute Gasteiger partial charge is 0.481 e. The highest BCUT2D eigenvalue weighted by Crippen LogP contribution is 2.44. The lowest BCUT2D eigenvalue weighted by atomic mass is 9.75. The van der Waals surface area contributed by atoms with Crippen molar-refractivity contribution in [2.75, 3.05) is 6.54 Å². The van der Waals surface area contributed by atoms with Crippen LogP contribution in [0.25, 0.3) is 11.1 Å². The zero-order valence-electron chi connectivity index (χ0n) is 32.1. The lowest BCUT2D eigenvalue weighted by Gasteiger charge is -2.51. The molecule has 0 spiro atoms. The van der Waals surface area contributed by atoms with E-state index in [1.807, 2.05) is 93.6 Å². The van der Waals surface area contributed by atoms with Crippen molar-refractivity contribution in [3.63, 3.8) is 0 Å². The number of hydrogen-bond donors (Lipinski definition) is 4. The van der Waals surface area contributed by atoms with Gasteiger partial charge in [0.1, 0.15) is 0 Å². The highest BCUT2D eigenvalue weighted by atomic mass is 16.7. The van der Waals surface area contributed by atoms with Gasteiger partial charge in [0.15, 0.2) is 6.29 Å². The van der Waals surface area contributed by atoms with Gasteiger partial charge in [0.25, 0.3) is 0 Å². The highest BCUT2D eigenvalue weighted by molar-refractivity contribution is 5.82. The molecule has 7 unspecified atom stereocenters. The van der Waals surface area contributed by atoms with Crippen LogP contribution in [0.2, 0.25) is 0 Å². The molecule has 6 rings (SSSR count). The third-order valence-electron chi connectivity index (χ3n) is 11.4. The molecule has 1 saturated carbocycles. The summed E-state index contributed by atoms with van der Waals surface area (Å²) in [6.45, 7) is 9.17. The third kappa shape index (κ3) is 9.76. The molecule has 1 aliphatic carbocycles. The van der Waals surface area contributed by atoms with Gasteiger partial charge >= 0.3 is 5.97 Å². The Labute approximate surface area is 319 Å². The van der Waals surface area contributed by atoms with E-state index in [1.165, 1.54) is 19.3 Å². The number of carbonyl (C=O) groups is 3. The van der Waals surface area contributed by atoms with Gasteiger partial charge in [-0.25, -0.2) is 0 Å². The molecule has 7 atom stereocenters. The molecule has 2 aliphatic heterocycles. The molecule has 0 radical (unpaired) electrons. The van der Waals surface area contributed by atoms with E-state index in [0.717, 1.165) is 52.6 Å². The van der Waals surface area contributed by atoms with E-state index >= 15 is 0 Å². The summed E-state index contributed by atoms with van der Waals surface area (Å²) in [7, 11) is 0. The number of benzene rings is 3. The van der Waals surface area contributed by atoms with Crippen molar-refractivity contribution >= 4 is 17.8 Å². The fourth-order valence-electron chi connectivity index (χ4n) is 8.54. The number of amides is 2. The number of likely N-dealkylation sites (tertiary alicyclic amines) is 1. The summed E-state index contributed by atoms with van der Waals surface area (Å²) < 4.78 is 13.8. The number of aliphatic hydroxyl groups excluding tert-OH is 1. The maximum atomic E-state index is 13.9. The van der Waals surface area contributed by atoms with Gasteiger partial charge in [-0.2, -0.15) is 0 Å². The smallest absolute Gasteiger partial charge is 0.303 e. The molecule has 0 aromatic heterocycles. The Morgan fingerprint density at radius 1 is 0.852 bits per heavy atom. The Bertz CT molecular complexity index is 1740. The number of aliphatic hydroxyl groups is 1. The van der Waals surface area contributed by atoms with E-state index in [-0.39, 0.29) is 67.5 Å².